The molecule has 5 heteroatoms. The number of carbonyl (C=O) groups is 1. The first kappa shape index (κ1) is 15.2. The largest absolute Gasteiger partial charge is 0.399 e. The lowest BCUT2D eigenvalue weighted by atomic mass is 10.1. The van der Waals surface area contributed by atoms with Crippen LogP contribution < -0.4 is 5.73 Å². The molecule has 0 spiro atoms. The number of nitrogen functional groups attached to an aromatic ring is 1. The van der Waals surface area contributed by atoms with Crippen LogP contribution in [-0.2, 0) is 0 Å². The van der Waals surface area contributed by atoms with Crippen molar-refractivity contribution in [2.75, 3.05) is 24.8 Å². The van der Waals surface area contributed by atoms with Crippen molar-refractivity contribution in [1.82, 2.24) is 4.90 Å². The van der Waals surface area contributed by atoms with Crippen LogP contribution in [0.4, 0.5) is 5.69 Å². The molecule has 1 amide bonds. The Labute approximate surface area is 118 Å². The molecule has 2 N–H and O–H groups in total. The molecule has 1 unspecified atom stereocenters. The minimum atomic E-state index is -0.0547. The third-order valence-corrected chi connectivity index (χ3v) is 3.95. The van der Waals surface area contributed by atoms with Gasteiger partial charge in [0.25, 0.3) is 5.91 Å². The van der Waals surface area contributed by atoms with Gasteiger partial charge in [0.15, 0.2) is 0 Å². The molecule has 0 bridgehead atoms. The van der Waals surface area contributed by atoms with Gasteiger partial charge in [-0.2, -0.15) is 11.8 Å². The lowest BCUT2D eigenvalue weighted by molar-refractivity contribution is 0.0744. The number of rotatable bonds is 5. The molecule has 100 valence electrons. The summed E-state index contributed by atoms with van der Waals surface area (Å²) in [7, 11) is 1.82. The third kappa shape index (κ3) is 3.56. The molecule has 1 aromatic rings. The molecule has 0 heterocycles. The highest BCUT2D eigenvalue weighted by molar-refractivity contribution is 7.98. The summed E-state index contributed by atoms with van der Waals surface area (Å²) in [4.78, 5) is 14.1. The topological polar surface area (TPSA) is 46.3 Å². The normalized spacial score (nSPS) is 12.2. The Morgan fingerprint density at radius 3 is 2.72 bits per heavy atom. The van der Waals surface area contributed by atoms with Gasteiger partial charge in [-0.15, -0.1) is 0 Å². The quantitative estimate of drug-likeness (QED) is 0.846. The molecule has 0 saturated carbocycles. The summed E-state index contributed by atoms with van der Waals surface area (Å²) in [5.41, 5.74) is 6.70. The number of halogens is 1. The summed E-state index contributed by atoms with van der Waals surface area (Å²) >= 11 is 7.80. The van der Waals surface area contributed by atoms with Crippen molar-refractivity contribution in [3.63, 3.8) is 0 Å². The SMILES string of the molecule is CCC(CSC)N(C)C(=O)c1ccc(N)cc1Cl. The van der Waals surface area contributed by atoms with Crippen molar-refractivity contribution in [2.45, 2.75) is 19.4 Å². The second-order valence-corrected chi connectivity index (χ2v) is 5.49. The molecular formula is C13H19ClN2OS. The predicted molar refractivity (Wildman–Crippen MR) is 80.4 cm³/mol. The summed E-state index contributed by atoms with van der Waals surface area (Å²) in [5.74, 6) is 0.867. The highest BCUT2D eigenvalue weighted by atomic mass is 35.5. The fourth-order valence-corrected chi connectivity index (χ4v) is 2.87. The van der Waals surface area contributed by atoms with Crippen LogP contribution in [0.2, 0.25) is 5.02 Å². The van der Waals surface area contributed by atoms with E-state index in [4.69, 9.17) is 17.3 Å². The second-order valence-electron chi connectivity index (χ2n) is 4.17. The molecule has 1 rings (SSSR count). The zero-order valence-corrected chi connectivity index (χ0v) is 12.5. The monoisotopic (exact) mass is 286 g/mol. The molecule has 18 heavy (non-hydrogen) atoms. The minimum absolute atomic E-state index is 0.0547. The van der Waals surface area contributed by atoms with E-state index in [9.17, 15) is 4.79 Å². The number of benzene rings is 1. The summed E-state index contributed by atoms with van der Waals surface area (Å²) in [6.45, 7) is 2.08. The minimum Gasteiger partial charge on any atom is -0.399 e. The van der Waals surface area contributed by atoms with Crippen molar-refractivity contribution in [2.24, 2.45) is 0 Å². The lowest BCUT2D eigenvalue weighted by Crippen LogP contribution is -2.38. The van der Waals surface area contributed by atoms with Crippen LogP contribution in [0.1, 0.15) is 23.7 Å². The van der Waals surface area contributed by atoms with Crippen LogP contribution in [0, 0.1) is 0 Å². The van der Waals surface area contributed by atoms with E-state index in [0.717, 1.165) is 12.2 Å². The standard InChI is InChI=1S/C13H19ClN2OS/c1-4-10(8-18-3)16(2)13(17)11-6-5-9(15)7-12(11)14/h5-7,10H,4,8,15H2,1-3H3. The number of amides is 1. The van der Waals surface area contributed by atoms with E-state index in [0.29, 0.717) is 16.3 Å². The number of anilines is 1. The Balaban J connectivity index is 2.91. The predicted octanol–water partition coefficient (Wildman–Crippen LogP) is 3.14. The van der Waals surface area contributed by atoms with Gasteiger partial charge in [-0.05, 0) is 30.9 Å². The van der Waals surface area contributed by atoms with Gasteiger partial charge in [0.2, 0.25) is 0 Å². The molecule has 1 atom stereocenters. The fraction of sp³-hybridized carbons (Fsp3) is 0.462. The van der Waals surface area contributed by atoms with Crippen LogP contribution in [0.15, 0.2) is 18.2 Å². The number of carbonyl (C=O) groups excluding carboxylic acids is 1. The van der Waals surface area contributed by atoms with Gasteiger partial charge < -0.3 is 10.6 Å². The maximum atomic E-state index is 12.3. The first-order valence-electron chi connectivity index (χ1n) is 5.82. The number of hydrogen-bond donors (Lipinski definition) is 1. The van der Waals surface area contributed by atoms with E-state index in [1.807, 2.05) is 13.3 Å². The molecule has 0 aliphatic rings. The average molecular weight is 287 g/mol. The number of hydrogen-bond acceptors (Lipinski definition) is 3. The second kappa shape index (κ2) is 6.90. The van der Waals surface area contributed by atoms with E-state index in [1.54, 1.807) is 34.9 Å². The fourth-order valence-electron chi connectivity index (χ4n) is 1.76. The molecule has 0 radical (unpaired) electrons. The number of nitrogens with two attached hydrogens (primary N) is 1. The van der Waals surface area contributed by atoms with E-state index in [2.05, 4.69) is 6.92 Å². The number of nitrogens with zero attached hydrogens (tertiary/aromatic N) is 1. The molecule has 0 aliphatic heterocycles. The Morgan fingerprint density at radius 1 is 1.56 bits per heavy atom. The molecule has 1 aromatic carbocycles. The van der Waals surface area contributed by atoms with Gasteiger partial charge in [-0.25, -0.2) is 0 Å². The first-order valence-corrected chi connectivity index (χ1v) is 7.59. The molecule has 3 nitrogen and oxygen atoms in total. The van der Waals surface area contributed by atoms with Gasteiger partial charge in [-0.3, -0.25) is 4.79 Å². The van der Waals surface area contributed by atoms with Crippen molar-refractivity contribution < 1.29 is 4.79 Å². The maximum Gasteiger partial charge on any atom is 0.255 e. The van der Waals surface area contributed by atoms with Gasteiger partial charge in [-0.1, -0.05) is 18.5 Å². The summed E-state index contributed by atoms with van der Waals surface area (Å²) in [5, 5.41) is 0.408. The highest BCUT2D eigenvalue weighted by Crippen LogP contribution is 2.22. The van der Waals surface area contributed by atoms with Crippen molar-refractivity contribution in [3.8, 4) is 0 Å². The van der Waals surface area contributed by atoms with Gasteiger partial charge in [0.1, 0.15) is 0 Å². The van der Waals surface area contributed by atoms with Crippen LogP contribution in [0.25, 0.3) is 0 Å². The summed E-state index contributed by atoms with van der Waals surface area (Å²) in [6, 6.07) is 5.21. The highest BCUT2D eigenvalue weighted by Gasteiger charge is 2.21. The zero-order chi connectivity index (χ0) is 13.7. The van der Waals surface area contributed by atoms with E-state index in [1.165, 1.54) is 0 Å². The van der Waals surface area contributed by atoms with Crippen molar-refractivity contribution in [3.05, 3.63) is 28.8 Å². The van der Waals surface area contributed by atoms with E-state index < -0.39 is 0 Å². The van der Waals surface area contributed by atoms with Crippen LogP contribution >= 0.6 is 23.4 Å². The van der Waals surface area contributed by atoms with Gasteiger partial charge >= 0.3 is 0 Å². The molecule has 0 aliphatic carbocycles. The van der Waals surface area contributed by atoms with Gasteiger partial charge in [0, 0.05) is 24.5 Å². The first-order chi connectivity index (χ1) is 8.51. The Hall–Kier alpha value is -0.870. The zero-order valence-electron chi connectivity index (χ0n) is 10.9. The number of thioether (sulfide) groups is 1. The van der Waals surface area contributed by atoms with E-state index >= 15 is 0 Å². The summed E-state index contributed by atoms with van der Waals surface area (Å²) in [6.07, 6.45) is 2.97. The van der Waals surface area contributed by atoms with Crippen molar-refractivity contribution in [1.29, 1.82) is 0 Å². The van der Waals surface area contributed by atoms with Crippen LogP contribution in [0.5, 0.6) is 0 Å². The average Bonchev–Trinajstić information content (AvgIpc) is 2.34. The Morgan fingerprint density at radius 2 is 2.22 bits per heavy atom. The Bertz CT molecular complexity index is 425. The lowest BCUT2D eigenvalue weighted by Gasteiger charge is -2.27. The third-order valence-electron chi connectivity index (χ3n) is 2.92. The van der Waals surface area contributed by atoms with E-state index in [-0.39, 0.29) is 11.9 Å². The molecule has 0 aromatic heterocycles. The van der Waals surface area contributed by atoms with Crippen LogP contribution in [0.3, 0.4) is 0 Å². The van der Waals surface area contributed by atoms with Crippen molar-refractivity contribution >= 4 is 35.0 Å². The summed E-state index contributed by atoms with van der Waals surface area (Å²) < 4.78 is 0. The Kier molecular flexibility index (Phi) is 5.82. The molecule has 0 fully saturated rings. The smallest absolute Gasteiger partial charge is 0.255 e. The van der Waals surface area contributed by atoms with Crippen LogP contribution in [-0.4, -0.2) is 35.9 Å². The maximum absolute atomic E-state index is 12.3. The van der Waals surface area contributed by atoms with Gasteiger partial charge in [0.05, 0.1) is 10.6 Å². The molecular weight excluding hydrogens is 268 g/mol. The molecule has 0 saturated heterocycles.